The molecule has 0 unspecified atom stereocenters. The van der Waals surface area contributed by atoms with Crippen LogP contribution in [0.25, 0.3) is 0 Å². The molecule has 1 amide bonds. The Morgan fingerprint density at radius 1 is 1.31 bits per heavy atom. The standard InChI is InChI=1S/C16H13Br2Cl2N5O/c1-7-13(21-16(26)14-12(17)15(18)23-22-14)8(2)25(24-7)6-9-3-4-10(19)5-11(9)20/h3-5H,6H2,1-2H3,(H,21,26)(H,22,23). The van der Waals surface area contributed by atoms with E-state index in [-0.39, 0.29) is 11.6 Å². The minimum absolute atomic E-state index is 0.254. The van der Waals surface area contributed by atoms with Crippen LogP contribution in [0.1, 0.15) is 27.4 Å². The van der Waals surface area contributed by atoms with Gasteiger partial charge >= 0.3 is 0 Å². The molecule has 26 heavy (non-hydrogen) atoms. The van der Waals surface area contributed by atoms with Gasteiger partial charge in [-0.2, -0.15) is 10.2 Å². The molecule has 0 fully saturated rings. The van der Waals surface area contributed by atoms with E-state index >= 15 is 0 Å². The molecule has 0 atom stereocenters. The Balaban J connectivity index is 1.86. The van der Waals surface area contributed by atoms with Crippen LogP contribution in [0.15, 0.2) is 27.3 Å². The zero-order chi connectivity index (χ0) is 19.0. The first-order valence-corrected chi connectivity index (χ1v) is 9.80. The monoisotopic (exact) mass is 519 g/mol. The lowest BCUT2D eigenvalue weighted by Crippen LogP contribution is -2.14. The molecule has 6 nitrogen and oxygen atoms in total. The third kappa shape index (κ3) is 3.83. The molecule has 3 aromatic rings. The SMILES string of the molecule is Cc1nn(Cc2ccc(Cl)cc2Cl)c(C)c1NC(=O)c1n[nH]c(Br)c1Br. The molecule has 136 valence electrons. The van der Waals surface area contributed by atoms with Gasteiger partial charge in [-0.3, -0.25) is 14.6 Å². The molecule has 0 saturated heterocycles. The van der Waals surface area contributed by atoms with Crippen molar-refractivity contribution in [3.63, 3.8) is 0 Å². The highest BCUT2D eigenvalue weighted by molar-refractivity contribution is 9.13. The number of anilines is 1. The fourth-order valence-electron chi connectivity index (χ4n) is 2.47. The van der Waals surface area contributed by atoms with Crippen molar-refractivity contribution in [2.24, 2.45) is 0 Å². The summed E-state index contributed by atoms with van der Waals surface area (Å²) in [5.74, 6) is -0.339. The van der Waals surface area contributed by atoms with Gasteiger partial charge in [0.2, 0.25) is 0 Å². The van der Waals surface area contributed by atoms with Crippen LogP contribution >= 0.6 is 55.1 Å². The highest BCUT2D eigenvalue weighted by Gasteiger charge is 2.20. The lowest BCUT2D eigenvalue weighted by molar-refractivity contribution is 0.102. The van der Waals surface area contributed by atoms with Crippen LogP contribution < -0.4 is 5.32 Å². The van der Waals surface area contributed by atoms with Crippen molar-refractivity contribution in [1.29, 1.82) is 0 Å². The lowest BCUT2D eigenvalue weighted by Gasteiger charge is -2.08. The summed E-state index contributed by atoms with van der Waals surface area (Å²) >= 11 is 18.8. The summed E-state index contributed by atoms with van der Waals surface area (Å²) in [4.78, 5) is 12.5. The number of hydrogen-bond donors (Lipinski definition) is 2. The van der Waals surface area contributed by atoms with Crippen LogP contribution in [-0.2, 0) is 6.54 Å². The average molecular weight is 522 g/mol. The Hall–Kier alpha value is -1.35. The van der Waals surface area contributed by atoms with E-state index in [0.717, 1.165) is 11.3 Å². The van der Waals surface area contributed by atoms with Gasteiger partial charge in [-0.25, -0.2) is 0 Å². The zero-order valence-corrected chi connectivity index (χ0v) is 18.4. The van der Waals surface area contributed by atoms with E-state index in [4.69, 9.17) is 23.2 Å². The second-order valence-electron chi connectivity index (χ2n) is 5.59. The van der Waals surface area contributed by atoms with E-state index in [0.29, 0.717) is 37.0 Å². The molecule has 0 radical (unpaired) electrons. The number of halogens is 4. The van der Waals surface area contributed by atoms with Gasteiger partial charge < -0.3 is 5.32 Å². The Kier molecular flexibility index (Phi) is 5.76. The van der Waals surface area contributed by atoms with Crippen LogP contribution in [0, 0.1) is 13.8 Å². The smallest absolute Gasteiger partial charge is 0.277 e. The third-order valence-electron chi connectivity index (χ3n) is 3.84. The van der Waals surface area contributed by atoms with Crippen molar-refractivity contribution >= 4 is 66.7 Å². The number of aromatic amines is 1. The maximum Gasteiger partial charge on any atom is 0.277 e. The van der Waals surface area contributed by atoms with Crippen molar-refractivity contribution in [2.75, 3.05) is 5.32 Å². The van der Waals surface area contributed by atoms with E-state index in [1.807, 2.05) is 19.9 Å². The van der Waals surface area contributed by atoms with Crippen LogP contribution in [0.3, 0.4) is 0 Å². The van der Waals surface area contributed by atoms with Gasteiger partial charge in [0, 0.05) is 10.0 Å². The Morgan fingerprint density at radius 2 is 2.04 bits per heavy atom. The van der Waals surface area contributed by atoms with Crippen LogP contribution in [-0.4, -0.2) is 25.9 Å². The van der Waals surface area contributed by atoms with Crippen molar-refractivity contribution < 1.29 is 4.79 Å². The van der Waals surface area contributed by atoms with Gasteiger partial charge in [-0.05, 0) is 63.4 Å². The molecule has 0 bridgehead atoms. The lowest BCUT2D eigenvalue weighted by atomic mass is 10.2. The Morgan fingerprint density at radius 3 is 2.65 bits per heavy atom. The van der Waals surface area contributed by atoms with Gasteiger partial charge in [-0.15, -0.1) is 0 Å². The van der Waals surface area contributed by atoms with E-state index in [9.17, 15) is 4.79 Å². The predicted octanol–water partition coefficient (Wildman–Crippen LogP) is 5.36. The molecule has 2 aromatic heterocycles. The molecule has 1 aromatic carbocycles. The number of benzene rings is 1. The number of aryl methyl sites for hydroxylation is 1. The molecular formula is C16H13Br2Cl2N5O. The number of H-pyrrole nitrogens is 1. The fourth-order valence-corrected chi connectivity index (χ4v) is 3.58. The molecule has 0 aliphatic heterocycles. The topological polar surface area (TPSA) is 75.6 Å². The van der Waals surface area contributed by atoms with Gasteiger partial charge in [0.25, 0.3) is 5.91 Å². The second kappa shape index (κ2) is 7.72. The minimum atomic E-state index is -0.339. The first-order chi connectivity index (χ1) is 12.3. The summed E-state index contributed by atoms with van der Waals surface area (Å²) < 4.78 is 2.95. The van der Waals surface area contributed by atoms with Crippen LogP contribution in [0.5, 0.6) is 0 Å². The average Bonchev–Trinajstić information content (AvgIpc) is 3.04. The number of aromatic nitrogens is 4. The molecule has 0 spiro atoms. The number of amides is 1. The highest BCUT2D eigenvalue weighted by Crippen LogP contribution is 2.27. The van der Waals surface area contributed by atoms with Gasteiger partial charge in [0.15, 0.2) is 5.69 Å². The molecule has 10 heteroatoms. The van der Waals surface area contributed by atoms with Crippen molar-refractivity contribution in [3.8, 4) is 0 Å². The van der Waals surface area contributed by atoms with E-state index in [2.05, 4.69) is 52.5 Å². The van der Waals surface area contributed by atoms with E-state index < -0.39 is 0 Å². The number of nitrogens with one attached hydrogen (secondary N) is 2. The van der Waals surface area contributed by atoms with E-state index in [1.165, 1.54) is 0 Å². The summed E-state index contributed by atoms with van der Waals surface area (Å²) in [6.07, 6.45) is 0. The molecule has 0 aliphatic rings. The summed E-state index contributed by atoms with van der Waals surface area (Å²) in [7, 11) is 0. The van der Waals surface area contributed by atoms with E-state index in [1.54, 1.807) is 16.8 Å². The molecule has 0 aliphatic carbocycles. The molecular weight excluding hydrogens is 509 g/mol. The first-order valence-electron chi connectivity index (χ1n) is 7.46. The van der Waals surface area contributed by atoms with Crippen LogP contribution in [0.2, 0.25) is 10.0 Å². The van der Waals surface area contributed by atoms with Gasteiger partial charge in [0.1, 0.15) is 4.60 Å². The normalized spacial score (nSPS) is 11.0. The van der Waals surface area contributed by atoms with Gasteiger partial charge in [0.05, 0.1) is 28.1 Å². The Bertz CT molecular complexity index is 999. The quantitative estimate of drug-likeness (QED) is 0.485. The molecule has 2 N–H and O–H groups in total. The second-order valence-corrected chi connectivity index (χ2v) is 8.02. The Labute approximate surface area is 176 Å². The largest absolute Gasteiger partial charge is 0.317 e. The fraction of sp³-hybridized carbons (Fsp3) is 0.188. The number of hydrogen-bond acceptors (Lipinski definition) is 3. The maximum absolute atomic E-state index is 12.5. The van der Waals surface area contributed by atoms with Crippen LogP contribution in [0.4, 0.5) is 5.69 Å². The number of carbonyl (C=O) groups excluding carboxylic acids is 1. The molecule has 0 saturated carbocycles. The summed E-state index contributed by atoms with van der Waals surface area (Å²) in [5, 5.41) is 15.2. The summed E-state index contributed by atoms with van der Waals surface area (Å²) in [6.45, 7) is 4.18. The molecule has 2 heterocycles. The maximum atomic E-state index is 12.5. The van der Waals surface area contributed by atoms with Crippen molar-refractivity contribution in [2.45, 2.75) is 20.4 Å². The summed E-state index contributed by atoms with van der Waals surface area (Å²) in [5.41, 5.74) is 3.30. The van der Waals surface area contributed by atoms with Gasteiger partial charge in [-0.1, -0.05) is 29.3 Å². The molecule has 3 rings (SSSR count). The number of carbonyl (C=O) groups is 1. The highest BCUT2D eigenvalue weighted by atomic mass is 79.9. The van der Waals surface area contributed by atoms with Crippen molar-refractivity contribution in [1.82, 2.24) is 20.0 Å². The summed E-state index contributed by atoms with van der Waals surface area (Å²) in [6, 6.07) is 5.33. The van der Waals surface area contributed by atoms with Crippen molar-refractivity contribution in [3.05, 3.63) is 60.0 Å². The zero-order valence-electron chi connectivity index (χ0n) is 13.7. The third-order valence-corrected chi connectivity index (χ3v) is 6.30. The number of rotatable bonds is 4. The first kappa shape index (κ1) is 19.4. The number of nitrogens with zero attached hydrogens (tertiary/aromatic N) is 3. The predicted molar refractivity (Wildman–Crippen MR) is 109 cm³/mol. The minimum Gasteiger partial charge on any atom is -0.317 e.